The lowest BCUT2D eigenvalue weighted by Gasteiger charge is -2.29. The predicted molar refractivity (Wildman–Crippen MR) is 101 cm³/mol. The Morgan fingerprint density at radius 3 is 2.58 bits per heavy atom. The third-order valence-corrected chi connectivity index (χ3v) is 5.88. The summed E-state index contributed by atoms with van der Waals surface area (Å²) in [4.78, 5) is 27.8. The van der Waals surface area contributed by atoms with Crippen LogP contribution < -0.4 is 0 Å². The third-order valence-electron chi connectivity index (χ3n) is 5.88. The molecular formula is C21H30N2O3. The molecule has 5 nitrogen and oxygen atoms in total. The molecule has 0 aromatic heterocycles. The third kappa shape index (κ3) is 4.26. The van der Waals surface area contributed by atoms with Gasteiger partial charge in [-0.05, 0) is 30.2 Å². The van der Waals surface area contributed by atoms with Crippen LogP contribution in [0.1, 0.15) is 32.3 Å². The van der Waals surface area contributed by atoms with Gasteiger partial charge < -0.3 is 10.0 Å². The molecule has 2 saturated heterocycles. The van der Waals surface area contributed by atoms with Crippen LogP contribution in [0.2, 0.25) is 0 Å². The maximum Gasteiger partial charge on any atom is 0.317 e. The average molecular weight is 358 g/mol. The monoisotopic (exact) mass is 358 g/mol. The summed E-state index contributed by atoms with van der Waals surface area (Å²) in [7, 11) is 0. The van der Waals surface area contributed by atoms with E-state index in [-0.39, 0.29) is 17.9 Å². The van der Waals surface area contributed by atoms with Gasteiger partial charge in [-0.3, -0.25) is 14.5 Å². The zero-order valence-corrected chi connectivity index (χ0v) is 15.9. The number of fused-ring (bicyclic) bond motifs is 1. The lowest BCUT2D eigenvalue weighted by atomic mass is 9.76. The first-order chi connectivity index (χ1) is 12.4. The van der Waals surface area contributed by atoms with E-state index in [0.29, 0.717) is 18.3 Å². The standard InChI is InChI=1S/C21H30N2O3/c1-16(2)10-19(24)23-12-18-11-22(13-20(25)26)14-21(18,15-23)9-8-17-6-4-3-5-7-17/h3-7,16,18H,8-15H2,1-2H3,(H,25,26). The van der Waals surface area contributed by atoms with E-state index < -0.39 is 5.97 Å². The van der Waals surface area contributed by atoms with Gasteiger partial charge in [0, 0.05) is 38.0 Å². The molecule has 0 spiro atoms. The molecule has 0 saturated carbocycles. The summed E-state index contributed by atoms with van der Waals surface area (Å²) < 4.78 is 0. The van der Waals surface area contributed by atoms with Crippen molar-refractivity contribution in [3.8, 4) is 0 Å². The van der Waals surface area contributed by atoms with Crippen molar-refractivity contribution in [2.45, 2.75) is 33.1 Å². The molecule has 1 amide bonds. The molecule has 2 atom stereocenters. The molecule has 26 heavy (non-hydrogen) atoms. The van der Waals surface area contributed by atoms with Gasteiger partial charge in [-0.1, -0.05) is 44.2 Å². The topological polar surface area (TPSA) is 60.9 Å². The maximum absolute atomic E-state index is 12.6. The largest absolute Gasteiger partial charge is 0.480 e. The number of benzene rings is 1. The van der Waals surface area contributed by atoms with Crippen LogP contribution in [0.25, 0.3) is 0 Å². The molecule has 0 radical (unpaired) electrons. The van der Waals surface area contributed by atoms with Gasteiger partial charge in [0.2, 0.25) is 5.91 Å². The summed E-state index contributed by atoms with van der Waals surface area (Å²) in [6, 6.07) is 10.4. The molecular weight excluding hydrogens is 328 g/mol. The molecule has 5 heteroatoms. The van der Waals surface area contributed by atoms with Crippen molar-refractivity contribution in [1.82, 2.24) is 9.80 Å². The minimum Gasteiger partial charge on any atom is -0.480 e. The fraction of sp³-hybridized carbons (Fsp3) is 0.619. The van der Waals surface area contributed by atoms with Crippen LogP contribution in [0.3, 0.4) is 0 Å². The molecule has 0 aliphatic carbocycles. The second-order valence-electron chi connectivity index (χ2n) is 8.48. The van der Waals surface area contributed by atoms with Crippen molar-refractivity contribution >= 4 is 11.9 Å². The molecule has 3 rings (SSSR count). The highest BCUT2D eigenvalue weighted by Gasteiger charge is 2.52. The lowest BCUT2D eigenvalue weighted by Crippen LogP contribution is -2.38. The number of rotatable bonds is 7. The smallest absolute Gasteiger partial charge is 0.317 e. The van der Waals surface area contributed by atoms with Crippen molar-refractivity contribution in [3.05, 3.63) is 35.9 Å². The fourth-order valence-corrected chi connectivity index (χ4v) is 4.67. The average Bonchev–Trinajstić information content (AvgIpc) is 3.06. The summed E-state index contributed by atoms with van der Waals surface area (Å²) in [5.74, 6) is 0.225. The normalized spacial score (nSPS) is 25.7. The van der Waals surface area contributed by atoms with Crippen molar-refractivity contribution in [2.75, 3.05) is 32.7 Å². The lowest BCUT2D eigenvalue weighted by molar-refractivity contribution is -0.138. The van der Waals surface area contributed by atoms with E-state index >= 15 is 0 Å². The van der Waals surface area contributed by atoms with Crippen LogP contribution >= 0.6 is 0 Å². The van der Waals surface area contributed by atoms with Crippen LogP contribution in [-0.4, -0.2) is 59.5 Å². The first-order valence-electron chi connectivity index (χ1n) is 9.64. The Morgan fingerprint density at radius 2 is 1.92 bits per heavy atom. The van der Waals surface area contributed by atoms with E-state index in [1.807, 2.05) is 11.0 Å². The summed E-state index contributed by atoms with van der Waals surface area (Å²) in [5, 5.41) is 9.16. The first-order valence-corrected chi connectivity index (χ1v) is 9.64. The zero-order valence-electron chi connectivity index (χ0n) is 15.9. The second-order valence-corrected chi connectivity index (χ2v) is 8.48. The van der Waals surface area contributed by atoms with Gasteiger partial charge in [0.15, 0.2) is 0 Å². The van der Waals surface area contributed by atoms with Gasteiger partial charge >= 0.3 is 5.97 Å². The Kier molecular flexibility index (Phi) is 5.66. The molecule has 2 aliphatic rings. The van der Waals surface area contributed by atoms with Gasteiger partial charge in [0.25, 0.3) is 0 Å². The molecule has 2 fully saturated rings. The number of aryl methyl sites for hydroxylation is 1. The molecule has 1 aromatic carbocycles. The van der Waals surface area contributed by atoms with Gasteiger partial charge in [-0.25, -0.2) is 0 Å². The number of hydrogen-bond acceptors (Lipinski definition) is 3. The van der Waals surface area contributed by atoms with Gasteiger partial charge in [0.1, 0.15) is 0 Å². The van der Waals surface area contributed by atoms with Crippen LogP contribution in [0.5, 0.6) is 0 Å². The Morgan fingerprint density at radius 1 is 1.19 bits per heavy atom. The van der Waals surface area contributed by atoms with Crippen molar-refractivity contribution in [2.24, 2.45) is 17.3 Å². The molecule has 142 valence electrons. The van der Waals surface area contributed by atoms with Gasteiger partial charge in [-0.15, -0.1) is 0 Å². The molecule has 2 unspecified atom stereocenters. The Labute approximate surface area is 156 Å². The maximum atomic E-state index is 12.6. The minimum absolute atomic E-state index is 0.0257. The number of nitrogens with zero attached hydrogens (tertiary/aromatic N) is 2. The molecule has 0 bridgehead atoms. The number of likely N-dealkylation sites (tertiary alicyclic amines) is 2. The number of aliphatic carboxylic acids is 1. The number of carbonyl (C=O) groups is 2. The predicted octanol–water partition coefficient (Wildman–Crippen LogP) is 2.51. The number of carbonyl (C=O) groups excluding carboxylic acids is 1. The fourth-order valence-electron chi connectivity index (χ4n) is 4.67. The summed E-state index contributed by atoms with van der Waals surface area (Å²) >= 11 is 0. The van der Waals surface area contributed by atoms with E-state index in [2.05, 4.69) is 43.0 Å². The summed E-state index contributed by atoms with van der Waals surface area (Å²) in [5.41, 5.74) is 1.34. The number of carboxylic acids is 1. The van der Waals surface area contributed by atoms with Crippen molar-refractivity contribution in [1.29, 1.82) is 0 Å². The quantitative estimate of drug-likeness (QED) is 0.814. The van der Waals surface area contributed by atoms with E-state index in [1.54, 1.807) is 0 Å². The second kappa shape index (κ2) is 7.78. The van der Waals surface area contributed by atoms with Crippen molar-refractivity contribution in [3.63, 3.8) is 0 Å². The van der Waals surface area contributed by atoms with E-state index in [4.69, 9.17) is 5.11 Å². The summed E-state index contributed by atoms with van der Waals surface area (Å²) in [6.45, 7) is 7.37. The zero-order chi connectivity index (χ0) is 18.7. The molecule has 2 heterocycles. The van der Waals surface area contributed by atoms with Crippen LogP contribution in [0, 0.1) is 17.3 Å². The Bertz CT molecular complexity index is 646. The highest BCUT2D eigenvalue weighted by Crippen LogP contribution is 2.46. The highest BCUT2D eigenvalue weighted by molar-refractivity contribution is 5.77. The van der Waals surface area contributed by atoms with Gasteiger partial charge in [0.05, 0.1) is 6.54 Å². The van der Waals surface area contributed by atoms with E-state index in [0.717, 1.165) is 39.0 Å². The van der Waals surface area contributed by atoms with E-state index in [1.165, 1.54) is 5.56 Å². The number of amides is 1. The SMILES string of the molecule is CC(C)CC(=O)N1CC2CN(CC(=O)O)CC2(CCc2ccccc2)C1. The molecule has 1 N–H and O–H groups in total. The van der Waals surface area contributed by atoms with Gasteiger partial charge in [-0.2, -0.15) is 0 Å². The van der Waals surface area contributed by atoms with Crippen LogP contribution in [0.15, 0.2) is 30.3 Å². The number of hydrogen-bond donors (Lipinski definition) is 1. The van der Waals surface area contributed by atoms with Crippen molar-refractivity contribution < 1.29 is 14.7 Å². The minimum atomic E-state index is -0.768. The highest BCUT2D eigenvalue weighted by atomic mass is 16.4. The summed E-state index contributed by atoms with van der Waals surface area (Å²) in [6.07, 6.45) is 2.58. The molecule has 1 aromatic rings. The molecule has 2 aliphatic heterocycles. The first kappa shape index (κ1) is 18.9. The van der Waals surface area contributed by atoms with Crippen LogP contribution in [-0.2, 0) is 16.0 Å². The Hall–Kier alpha value is -1.88. The van der Waals surface area contributed by atoms with Crippen LogP contribution in [0.4, 0.5) is 0 Å². The number of carboxylic acid groups (broad SMARTS) is 1. The Balaban J connectivity index is 1.71. The van der Waals surface area contributed by atoms with E-state index in [9.17, 15) is 9.59 Å².